The highest BCUT2D eigenvalue weighted by molar-refractivity contribution is 7.15. The molecule has 1 aliphatic rings. The first-order chi connectivity index (χ1) is 12.1. The Kier molecular flexibility index (Phi) is 3.86. The summed E-state index contributed by atoms with van der Waals surface area (Å²) in [4.78, 5) is 25.0. The zero-order valence-electron chi connectivity index (χ0n) is 12.8. The van der Waals surface area contributed by atoms with Crippen LogP contribution in [-0.2, 0) is 4.79 Å². The lowest BCUT2D eigenvalue weighted by Gasteiger charge is -2.22. The van der Waals surface area contributed by atoms with E-state index in [9.17, 15) is 14.7 Å². The van der Waals surface area contributed by atoms with Gasteiger partial charge in [-0.2, -0.15) is 0 Å². The molecule has 7 heteroatoms. The summed E-state index contributed by atoms with van der Waals surface area (Å²) in [7, 11) is 0. The topological polar surface area (TPSA) is 79.5 Å². The minimum atomic E-state index is -1.05. The molecule has 1 amide bonds. The molecule has 0 saturated heterocycles. The summed E-state index contributed by atoms with van der Waals surface area (Å²) in [6.07, 6.45) is 1.75. The van der Waals surface area contributed by atoms with Crippen LogP contribution in [0.25, 0.3) is 11.1 Å². The summed E-state index contributed by atoms with van der Waals surface area (Å²) >= 11 is 7.44. The van der Waals surface area contributed by atoms with Gasteiger partial charge in [0, 0.05) is 27.4 Å². The molecule has 1 atom stereocenters. The van der Waals surface area contributed by atoms with Crippen LogP contribution in [0.4, 0.5) is 5.69 Å². The summed E-state index contributed by atoms with van der Waals surface area (Å²) in [5.41, 5.74) is 1.54. The minimum absolute atomic E-state index is 0.150. The largest absolute Gasteiger partial charge is 0.477 e. The fraction of sp³-hybridized carbons (Fsp3) is 0.111. The maximum atomic E-state index is 12.3. The van der Waals surface area contributed by atoms with Crippen LogP contribution in [0.3, 0.4) is 0 Å². The molecule has 0 fully saturated rings. The van der Waals surface area contributed by atoms with Crippen LogP contribution in [0.1, 0.15) is 32.6 Å². The summed E-state index contributed by atoms with van der Waals surface area (Å²) in [6, 6.07) is 10.5. The predicted molar refractivity (Wildman–Crippen MR) is 95.5 cm³/mol. The van der Waals surface area contributed by atoms with E-state index in [4.69, 9.17) is 16.0 Å². The van der Waals surface area contributed by atoms with Crippen LogP contribution in [0.15, 0.2) is 47.1 Å². The number of rotatable bonds is 3. The summed E-state index contributed by atoms with van der Waals surface area (Å²) in [5, 5.41) is 12.9. The van der Waals surface area contributed by atoms with E-state index in [0.717, 1.165) is 16.2 Å². The number of hydrogen-bond donors (Lipinski definition) is 2. The number of hydrogen-bond acceptors (Lipinski definition) is 4. The molecule has 0 saturated carbocycles. The number of carbonyl (C=O) groups excluding carboxylic acids is 1. The Morgan fingerprint density at radius 3 is 2.76 bits per heavy atom. The van der Waals surface area contributed by atoms with Crippen molar-refractivity contribution in [3.05, 3.63) is 63.2 Å². The number of aromatic carboxylic acids is 1. The van der Waals surface area contributed by atoms with E-state index < -0.39 is 5.97 Å². The quantitative estimate of drug-likeness (QED) is 0.688. The second-order valence-electron chi connectivity index (χ2n) is 5.65. The Balaban J connectivity index is 1.99. The molecule has 5 nitrogen and oxygen atoms in total. The Hall–Kier alpha value is -2.57. The van der Waals surface area contributed by atoms with E-state index >= 15 is 0 Å². The third kappa shape index (κ3) is 2.63. The van der Waals surface area contributed by atoms with Crippen molar-refractivity contribution in [2.75, 3.05) is 5.32 Å². The lowest BCUT2D eigenvalue weighted by molar-refractivity contribution is -0.116. The van der Waals surface area contributed by atoms with E-state index in [-0.39, 0.29) is 23.1 Å². The van der Waals surface area contributed by atoms with Crippen LogP contribution in [0, 0.1) is 0 Å². The first-order valence-electron chi connectivity index (χ1n) is 7.54. The van der Waals surface area contributed by atoms with Crippen LogP contribution >= 0.6 is 22.9 Å². The summed E-state index contributed by atoms with van der Waals surface area (Å²) in [6.45, 7) is 0. The van der Waals surface area contributed by atoms with E-state index in [2.05, 4.69) is 5.32 Å². The molecule has 3 aromatic rings. The summed E-state index contributed by atoms with van der Waals surface area (Å²) in [5.74, 6) is -0.906. The molecule has 0 radical (unpaired) electrons. The van der Waals surface area contributed by atoms with Crippen molar-refractivity contribution in [2.24, 2.45) is 0 Å². The Morgan fingerprint density at radius 1 is 1.28 bits per heavy atom. The maximum absolute atomic E-state index is 12.3. The number of amides is 1. The van der Waals surface area contributed by atoms with E-state index in [1.165, 1.54) is 0 Å². The van der Waals surface area contributed by atoms with Gasteiger partial charge in [-0.15, -0.1) is 11.3 Å². The molecule has 2 N–H and O–H groups in total. The standard InChI is InChI=1S/C18H12ClNO4S/c19-11-5-2-1-4-9(11)14-15-16(25-17(14)18(22)23)10(8-13(21)20-15)12-6-3-7-24-12/h1-7,10H,8H2,(H,20,21)(H,22,23)/t10-/m1/s1. The Morgan fingerprint density at radius 2 is 2.08 bits per heavy atom. The van der Waals surface area contributed by atoms with Gasteiger partial charge < -0.3 is 14.8 Å². The number of nitrogens with one attached hydrogen (secondary N) is 1. The molecular weight excluding hydrogens is 362 g/mol. The number of carboxylic acids is 1. The molecule has 1 aliphatic heterocycles. The second kappa shape index (κ2) is 6.06. The molecule has 0 spiro atoms. The van der Waals surface area contributed by atoms with Crippen LogP contribution < -0.4 is 5.32 Å². The van der Waals surface area contributed by atoms with Crippen molar-refractivity contribution in [3.63, 3.8) is 0 Å². The first kappa shape index (κ1) is 15.9. The Labute approximate surface area is 151 Å². The smallest absolute Gasteiger partial charge is 0.346 e. The number of carbonyl (C=O) groups is 2. The number of carboxylic acid groups (broad SMARTS) is 1. The molecule has 126 valence electrons. The van der Waals surface area contributed by atoms with Gasteiger partial charge in [0.15, 0.2) is 0 Å². The number of thiophene rings is 1. The van der Waals surface area contributed by atoms with Gasteiger partial charge >= 0.3 is 5.97 Å². The van der Waals surface area contributed by atoms with Crippen molar-refractivity contribution in [2.45, 2.75) is 12.3 Å². The monoisotopic (exact) mass is 373 g/mol. The van der Waals surface area contributed by atoms with Gasteiger partial charge in [0.25, 0.3) is 0 Å². The van der Waals surface area contributed by atoms with E-state index in [1.807, 2.05) is 0 Å². The fourth-order valence-corrected chi connectivity index (χ4v) is 4.53. The number of anilines is 1. The number of benzene rings is 1. The zero-order chi connectivity index (χ0) is 17.6. The molecule has 25 heavy (non-hydrogen) atoms. The molecule has 3 heterocycles. The first-order valence-corrected chi connectivity index (χ1v) is 8.74. The van der Waals surface area contributed by atoms with Gasteiger partial charge in [-0.1, -0.05) is 29.8 Å². The molecule has 4 rings (SSSR count). The van der Waals surface area contributed by atoms with Gasteiger partial charge in [-0.3, -0.25) is 4.79 Å². The van der Waals surface area contributed by atoms with Crippen LogP contribution in [-0.4, -0.2) is 17.0 Å². The average molecular weight is 374 g/mol. The highest BCUT2D eigenvalue weighted by atomic mass is 35.5. The molecule has 1 aromatic carbocycles. The van der Waals surface area contributed by atoms with Crippen molar-refractivity contribution >= 4 is 40.5 Å². The van der Waals surface area contributed by atoms with Crippen molar-refractivity contribution < 1.29 is 19.1 Å². The van der Waals surface area contributed by atoms with Crippen LogP contribution in [0.5, 0.6) is 0 Å². The number of furan rings is 1. The fourth-order valence-electron chi connectivity index (χ4n) is 3.08. The van der Waals surface area contributed by atoms with Crippen molar-refractivity contribution in [3.8, 4) is 11.1 Å². The van der Waals surface area contributed by atoms with Gasteiger partial charge in [0.2, 0.25) is 5.91 Å². The Bertz CT molecular complexity index is 977. The second-order valence-corrected chi connectivity index (χ2v) is 7.11. The number of fused-ring (bicyclic) bond motifs is 1. The SMILES string of the molecule is O=C1C[C@H](c2ccco2)c2sc(C(=O)O)c(-c3ccccc3Cl)c2N1. The molecule has 2 aromatic heterocycles. The normalized spacial score (nSPS) is 16.4. The van der Waals surface area contributed by atoms with Crippen LogP contribution in [0.2, 0.25) is 5.02 Å². The number of halogens is 1. The van der Waals surface area contributed by atoms with Crippen molar-refractivity contribution in [1.82, 2.24) is 0 Å². The van der Waals surface area contributed by atoms with Crippen molar-refractivity contribution in [1.29, 1.82) is 0 Å². The van der Waals surface area contributed by atoms with Gasteiger partial charge in [-0.05, 0) is 18.2 Å². The highest BCUT2D eigenvalue weighted by Crippen LogP contribution is 2.50. The van der Waals surface area contributed by atoms with E-state index in [1.54, 1.807) is 42.7 Å². The minimum Gasteiger partial charge on any atom is -0.477 e. The average Bonchev–Trinajstić information content (AvgIpc) is 3.22. The van der Waals surface area contributed by atoms with Gasteiger partial charge in [0.05, 0.1) is 17.9 Å². The zero-order valence-corrected chi connectivity index (χ0v) is 14.4. The molecule has 0 unspecified atom stereocenters. The maximum Gasteiger partial charge on any atom is 0.346 e. The lowest BCUT2D eigenvalue weighted by Crippen LogP contribution is -2.22. The van der Waals surface area contributed by atoms with Gasteiger partial charge in [0.1, 0.15) is 10.6 Å². The highest BCUT2D eigenvalue weighted by Gasteiger charge is 2.36. The third-order valence-electron chi connectivity index (χ3n) is 4.13. The molecular formula is C18H12ClNO4S. The summed E-state index contributed by atoms with van der Waals surface area (Å²) < 4.78 is 5.47. The molecule has 0 aliphatic carbocycles. The molecule has 0 bridgehead atoms. The third-order valence-corrected chi connectivity index (χ3v) is 5.75. The van der Waals surface area contributed by atoms with Gasteiger partial charge in [-0.25, -0.2) is 4.79 Å². The van der Waals surface area contributed by atoms with E-state index in [0.29, 0.717) is 27.6 Å². The predicted octanol–water partition coefficient (Wildman–Crippen LogP) is 4.83. The lowest BCUT2D eigenvalue weighted by atomic mass is 9.92.